The Bertz CT molecular complexity index is 825. The number of aliphatic imine (C=N–C) groups is 1. The van der Waals surface area contributed by atoms with Gasteiger partial charge in [-0.25, -0.2) is 9.78 Å². The zero-order valence-corrected chi connectivity index (χ0v) is 10.4. The number of nitrogens with one attached hydrogen (secondary N) is 1. The summed E-state index contributed by atoms with van der Waals surface area (Å²) < 4.78 is 4.93. The first-order valence-electron chi connectivity index (χ1n) is 5.30. The molecule has 3 rings (SSSR count). The maximum Gasteiger partial charge on any atom is 0.417 e. The molecule has 2 aromatic heterocycles. The highest BCUT2D eigenvalue weighted by molar-refractivity contribution is 7.13. The second-order valence-corrected chi connectivity index (χ2v) is 4.61. The summed E-state index contributed by atoms with van der Waals surface area (Å²) >= 11 is 1.33. The Kier molecular flexibility index (Phi) is 2.57. The van der Waals surface area contributed by atoms with Gasteiger partial charge in [0.15, 0.2) is 11.5 Å². The third-order valence-corrected chi connectivity index (χ3v) is 3.17. The number of H-pyrrole nitrogens is 1. The number of guanidine groups is 1. The van der Waals surface area contributed by atoms with Crippen molar-refractivity contribution < 1.29 is 4.42 Å². The Morgan fingerprint density at radius 1 is 1.42 bits per heavy atom. The first-order chi connectivity index (χ1) is 9.11. The highest BCUT2D eigenvalue weighted by Gasteiger charge is 2.07. The molecule has 2 heterocycles. The number of hydrogen-bond donors (Lipinski definition) is 3. The van der Waals surface area contributed by atoms with Crippen molar-refractivity contribution >= 4 is 33.5 Å². The SMILES string of the molecule is NC(N)=Nc1nc(-c2ccc3oc(=O)[nH]c3c2)cs1. The van der Waals surface area contributed by atoms with Crippen LogP contribution in [0, 0.1) is 0 Å². The molecule has 0 saturated carbocycles. The molecule has 0 atom stereocenters. The topological polar surface area (TPSA) is 123 Å². The molecule has 1 aromatic carbocycles. The van der Waals surface area contributed by atoms with E-state index in [9.17, 15) is 4.79 Å². The summed E-state index contributed by atoms with van der Waals surface area (Å²) in [5, 5.41) is 2.32. The fourth-order valence-electron chi connectivity index (χ4n) is 1.67. The molecule has 8 heteroatoms. The summed E-state index contributed by atoms with van der Waals surface area (Å²) in [5.41, 5.74) is 13.3. The molecule has 0 aliphatic carbocycles. The maximum atomic E-state index is 11.1. The summed E-state index contributed by atoms with van der Waals surface area (Å²) in [5.74, 6) is -0.512. The van der Waals surface area contributed by atoms with Crippen molar-refractivity contribution in [2.45, 2.75) is 0 Å². The van der Waals surface area contributed by atoms with E-state index in [1.165, 1.54) is 11.3 Å². The Labute approximate surface area is 110 Å². The monoisotopic (exact) mass is 275 g/mol. The van der Waals surface area contributed by atoms with E-state index in [0.717, 1.165) is 11.3 Å². The Morgan fingerprint density at radius 2 is 2.26 bits per heavy atom. The number of fused-ring (bicyclic) bond motifs is 1. The summed E-state index contributed by atoms with van der Waals surface area (Å²) in [7, 11) is 0. The fourth-order valence-corrected chi connectivity index (χ4v) is 2.38. The third kappa shape index (κ3) is 2.20. The number of benzene rings is 1. The van der Waals surface area contributed by atoms with Crippen LogP contribution in [0.1, 0.15) is 0 Å². The van der Waals surface area contributed by atoms with Crippen LogP contribution < -0.4 is 17.2 Å². The van der Waals surface area contributed by atoms with E-state index in [4.69, 9.17) is 15.9 Å². The van der Waals surface area contributed by atoms with Gasteiger partial charge in [0.2, 0.25) is 5.13 Å². The predicted octanol–water partition coefficient (Wildman–Crippen LogP) is 1.15. The second kappa shape index (κ2) is 4.25. The van der Waals surface area contributed by atoms with Gasteiger partial charge in [0.25, 0.3) is 0 Å². The van der Waals surface area contributed by atoms with E-state index in [-0.39, 0.29) is 5.96 Å². The maximum absolute atomic E-state index is 11.1. The van der Waals surface area contributed by atoms with Crippen molar-refractivity contribution in [3.05, 3.63) is 34.1 Å². The predicted molar refractivity (Wildman–Crippen MR) is 73.4 cm³/mol. The van der Waals surface area contributed by atoms with Crippen molar-refractivity contribution in [2.24, 2.45) is 16.5 Å². The van der Waals surface area contributed by atoms with Crippen molar-refractivity contribution in [1.29, 1.82) is 0 Å². The zero-order chi connectivity index (χ0) is 13.4. The molecule has 0 unspecified atom stereocenters. The zero-order valence-electron chi connectivity index (χ0n) is 9.58. The molecule has 0 amide bonds. The van der Waals surface area contributed by atoms with Gasteiger partial charge in [-0.15, -0.1) is 11.3 Å². The van der Waals surface area contributed by atoms with Crippen molar-refractivity contribution in [1.82, 2.24) is 9.97 Å². The van der Waals surface area contributed by atoms with Crippen LogP contribution in [0.15, 0.2) is 37.8 Å². The second-order valence-electron chi connectivity index (χ2n) is 3.78. The van der Waals surface area contributed by atoms with Gasteiger partial charge in [0, 0.05) is 10.9 Å². The van der Waals surface area contributed by atoms with Crippen LogP contribution >= 0.6 is 11.3 Å². The van der Waals surface area contributed by atoms with Gasteiger partial charge in [-0.2, -0.15) is 4.99 Å². The van der Waals surface area contributed by atoms with E-state index in [2.05, 4.69) is 15.0 Å². The number of rotatable bonds is 2. The van der Waals surface area contributed by atoms with E-state index in [1.54, 1.807) is 12.1 Å². The smallest absolute Gasteiger partial charge is 0.408 e. The van der Waals surface area contributed by atoms with E-state index in [1.807, 2.05) is 11.4 Å². The summed E-state index contributed by atoms with van der Waals surface area (Å²) in [4.78, 5) is 21.8. The lowest BCUT2D eigenvalue weighted by atomic mass is 10.1. The number of oxazole rings is 1. The normalized spacial score (nSPS) is 10.7. The minimum absolute atomic E-state index is 0.0319. The van der Waals surface area contributed by atoms with Crippen LogP contribution in [0.3, 0.4) is 0 Å². The third-order valence-electron chi connectivity index (χ3n) is 2.43. The molecule has 3 aromatic rings. The highest BCUT2D eigenvalue weighted by atomic mass is 32.1. The number of thiazole rings is 1. The number of aromatic nitrogens is 2. The van der Waals surface area contributed by atoms with Gasteiger partial charge in [0.1, 0.15) is 0 Å². The molecule has 0 saturated heterocycles. The summed E-state index contributed by atoms with van der Waals surface area (Å²) in [6.45, 7) is 0. The van der Waals surface area contributed by atoms with Gasteiger partial charge in [0.05, 0.1) is 11.2 Å². The molecule has 0 aliphatic rings. The van der Waals surface area contributed by atoms with E-state index in [0.29, 0.717) is 16.2 Å². The van der Waals surface area contributed by atoms with Gasteiger partial charge in [-0.05, 0) is 18.2 Å². The molecule has 0 radical (unpaired) electrons. The molecular formula is C11H9N5O2S. The minimum atomic E-state index is -0.480. The first-order valence-corrected chi connectivity index (χ1v) is 6.18. The lowest BCUT2D eigenvalue weighted by Crippen LogP contribution is -2.21. The average Bonchev–Trinajstić information content (AvgIpc) is 2.92. The molecule has 0 spiro atoms. The lowest BCUT2D eigenvalue weighted by molar-refractivity contribution is 0.555. The quantitative estimate of drug-likeness (QED) is 0.478. The Balaban J connectivity index is 2.06. The first kappa shape index (κ1) is 11.5. The summed E-state index contributed by atoms with van der Waals surface area (Å²) in [6.07, 6.45) is 0. The van der Waals surface area contributed by atoms with E-state index < -0.39 is 5.76 Å². The van der Waals surface area contributed by atoms with Crippen LogP contribution in [0.2, 0.25) is 0 Å². The number of nitrogens with two attached hydrogens (primary N) is 2. The molecule has 0 fully saturated rings. The largest absolute Gasteiger partial charge is 0.417 e. The van der Waals surface area contributed by atoms with Gasteiger partial charge < -0.3 is 15.9 Å². The van der Waals surface area contributed by atoms with Gasteiger partial charge >= 0.3 is 5.76 Å². The summed E-state index contributed by atoms with van der Waals surface area (Å²) in [6, 6.07) is 5.31. The lowest BCUT2D eigenvalue weighted by Gasteiger charge is -1.95. The van der Waals surface area contributed by atoms with Crippen LogP contribution in [0.4, 0.5) is 5.13 Å². The van der Waals surface area contributed by atoms with Crippen molar-refractivity contribution in [3.63, 3.8) is 0 Å². The van der Waals surface area contributed by atoms with Crippen LogP contribution in [0.25, 0.3) is 22.4 Å². The molecule has 7 nitrogen and oxygen atoms in total. The van der Waals surface area contributed by atoms with E-state index >= 15 is 0 Å². The average molecular weight is 275 g/mol. The van der Waals surface area contributed by atoms with Crippen LogP contribution in [0.5, 0.6) is 0 Å². The fraction of sp³-hybridized carbons (Fsp3) is 0. The molecule has 5 N–H and O–H groups in total. The van der Waals surface area contributed by atoms with Gasteiger partial charge in [-0.1, -0.05) is 0 Å². The Morgan fingerprint density at radius 3 is 3.05 bits per heavy atom. The molecule has 0 bridgehead atoms. The van der Waals surface area contributed by atoms with Crippen molar-refractivity contribution in [2.75, 3.05) is 0 Å². The standard InChI is InChI=1S/C11H9N5O2S/c12-9(13)16-10-14-7(4-19-10)5-1-2-8-6(3-5)15-11(17)18-8/h1-4H,(H,15,17)(H4,12,13,14,16). The molecule has 19 heavy (non-hydrogen) atoms. The number of hydrogen-bond acceptors (Lipinski definition) is 5. The molecular weight excluding hydrogens is 266 g/mol. The van der Waals surface area contributed by atoms with Crippen LogP contribution in [-0.2, 0) is 0 Å². The number of nitrogens with zero attached hydrogens (tertiary/aromatic N) is 2. The minimum Gasteiger partial charge on any atom is -0.408 e. The number of aromatic amines is 1. The highest BCUT2D eigenvalue weighted by Crippen LogP contribution is 2.28. The van der Waals surface area contributed by atoms with Crippen LogP contribution in [-0.4, -0.2) is 15.9 Å². The Hall–Kier alpha value is -2.61. The van der Waals surface area contributed by atoms with Gasteiger partial charge in [-0.3, -0.25) is 4.98 Å². The molecule has 96 valence electrons. The van der Waals surface area contributed by atoms with Crippen molar-refractivity contribution in [3.8, 4) is 11.3 Å². The molecule has 0 aliphatic heterocycles.